The number of carbonyl (C=O) groups excluding carboxylic acids is 2. The van der Waals surface area contributed by atoms with Crippen LogP contribution >= 0.6 is 0 Å². The van der Waals surface area contributed by atoms with Crippen LogP contribution in [-0.2, 0) is 16.0 Å². The van der Waals surface area contributed by atoms with Crippen molar-refractivity contribution >= 4 is 11.8 Å². The van der Waals surface area contributed by atoms with E-state index >= 15 is 0 Å². The van der Waals surface area contributed by atoms with Gasteiger partial charge in [-0.3, -0.25) is 9.59 Å². The molecule has 1 aromatic carbocycles. The van der Waals surface area contributed by atoms with Crippen molar-refractivity contribution in [2.75, 3.05) is 13.1 Å². The Hall–Kier alpha value is -1.84. The van der Waals surface area contributed by atoms with Crippen LogP contribution in [0, 0.1) is 5.92 Å². The SMILES string of the molecule is CCC(CC)C(=O)NCC(=O)NCCc1ccccc1. The zero-order chi connectivity index (χ0) is 14.8. The maximum absolute atomic E-state index is 11.7. The summed E-state index contributed by atoms with van der Waals surface area (Å²) < 4.78 is 0. The van der Waals surface area contributed by atoms with Crippen molar-refractivity contribution in [1.82, 2.24) is 10.6 Å². The number of rotatable bonds is 8. The van der Waals surface area contributed by atoms with Crippen molar-refractivity contribution in [3.05, 3.63) is 35.9 Å². The van der Waals surface area contributed by atoms with Gasteiger partial charge in [0, 0.05) is 12.5 Å². The number of carbonyl (C=O) groups is 2. The van der Waals surface area contributed by atoms with E-state index in [0.717, 1.165) is 19.3 Å². The summed E-state index contributed by atoms with van der Waals surface area (Å²) in [7, 11) is 0. The zero-order valence-electron chi connectivity index (χ0n) is 12.3. The van der Waals surface area contributed by atoms with Gasteiger partial charge in [-0.15, -0.1) is 0 Å². The highest BCUT2D eigenvalue weighted by Gasteiger charge is 2.14. The van der Waals surface area contributed by atoms with E-state index in [2.05, 4.69) is 10.6 Å². The summed E-state index contributed by atoms with van der Waals surface area (Å²) in [4.78, 5) is 23.3. The van der Waals surface area contributed by atoms with Crippen LogP contribution in [0.4, 0.5) is 0 Å². The smallest absolute Gasteiger partial charge is 0.239 e. The van der Waals surface area contributed by atoms with E-state index < -0.39 is 0 Å². The Kier molecular flexibility index (Phi) is 7.40. The first kappa shape index (κ1) is 16.2. The second-order valence-corrected chi connectivity index (χ2v) is 4.82. The van der Waals surface area contributed by atoms with Crippen LogP contribution in [-0.4, -0.2) is 24.9 Å². The first-order valence-corrected chi connectivity index (χ1v) is 7.25. The first-order chi connectivity index (χ1) is 9.67. The van der Waals surface area contributed by atoms with Gasteiger partial charge in [0.15, 0.2) is 0 Å². The van der Waals surface area contributed by atoms with Gasteiger partial charge >= 0.3 is 0 Å². The largest absolute Gasteiger partial charge is 0.354 e. The van der Waals surface area contributed by atoms with Crippen LogP contribution in [0.2, 0.25) is 0 Å². The second kappa shape index (κ2) is 9.13. The summed E-state index contributed by atoms with van der Waals surface area (Å²) in [6.07, 6.45) is 2.41. The fraction of sp³-hybridized carbons (Fsp3) is 0.500. The van der Waals surface area contributed by atoms with Gasteiger partial charge in [0.25, 0.3) is 0 Å². The van der Waals surface area contributed by atoms with Gasteiger partial charge in [-0.25, -0.2) is 0 Å². The zero-order valence-corrected chi connectivity index (χ0v) is 12.3. The van der Waals surface area contributed by atoms with E-state index in [-0.39, 0.29) is 24.3 Å². The third kappa shape index (κ3) is 5.87. The van der Waals surface area contributed by atoms with Crippen molar-refractivity contribution < 1.29 is 9.59 Å². The molecule has 0 heterocycles. The number of hydrogen-bond donors (Lipinski definition) is 2. The lowest BCUT2D eigenvalue weighted by atomic mass is 10.0. The summed E-state index contributed by atoms with van der Waals surface area (Å²) in [5, 5.41) is 5.49. The molecule has 0 aliphatic rings. The molecule has 0 saturated carbocycles. The van der Waals surface area contributed by atoms with E-state index in [1.165, 1.54) is 5.56 Å². The molecular formula is C16H24N2O2. The summed E-state index contributed by atoms with van der Waals surface area (Å²) >= 11 is 0. The molecule has 4 nitrogen and oxygen atoms in total. The van der Waals surface area contributed by atoms with Crippen molar-refractivity contribution in [1.29, 1.82) is 0 Å². The Balaban J connectivity index is 2.19. The summed E-state index contributed by atoms with van der Waals surface area (Å²) in [6.45, 7) is 4.61. The lowest BCUT2D eigenvalue weighted by Crippen LogP contribution is -2.40. The van der Waals surface area contributed by atoms with E-state index in [0.29, 0.717) is 6.54 Å². The van der Waals surface area contributed by atoms with Crippen LogP contribution in [0.15, 0.2) is 30.3 Å². The molecule has 0 saturated heterocycles. The highest BCUT2D eigenvalue weighted by atomic mass is 16.2. The van der Waals surface area contributed by atoms with Gasteiger partial charge in [0.2, 0.25) is 11.8 Å². The number of benzene rings is 1. The molecule has 0 atom stereocenters. The molecule has 0 aliphatic heterocycles. The highest BCUT2D eigenvalue weighted by molar-refractivity contribution is 5.85. The Morgan fingerprint density at radius 2 is 1.70 bits per heavy atom. The van der Waals surface area contributed by atoms with Crippen LogP contribution in [0.1, 0.15) is 32.3 Å². The highest BCUT2D eigenvalue weighted by Crippen LogP contribution is 2.06. The van der Waals surface area contributed by atoms with Crippen molar-refractivity contribution in [3.63, 3.8) is 0 Å². The van der Waals surface area contributed by atoms with Crippen LogP contribution in [0.25, 0.3) is 0 Å². The predicted octanol–water partition coefficient (Wildman–Crippen LogP) is 1.90. The predicted molar refractivity (Wildman–Crippen MR) is 80.2 cm³/mol. The molecule has 110 valence electrons. The van der Waals surface area contributed by atoms with Crippen molar-refractivity contribution in [2.45, 2.75) is 33.1 Å². The molecule has 0 spiro atoms. The third-order valence-electron chi connectivity index (χ3n) is 3.36. The molecule has 2 N–H and O–H groups in total. The molecule has 0 unspecified atom stereocenters. The quantitative estimate of drug-likeness (QED) is 0.762. The first-order valence-electron chi connectivity index (χ1n) is 7.25. The molecule has 20 heavy (non-hydrogen) atoms. The maximum Gasteiger partial charge on any atom is 0.239 e. The van der Waals surface area contributed by atoms with Gasteiger partial charge in [0.1, 0.15) is 0 Å². The van der Waals surface area contributed by atoms with Crippen LogP contribution < -0.4 is 10.6 Å². The monoisotopic (exact) mass is 276 g/mol. The topological polar surface area (TPSA) is 58.2 Å². The van der Waals surface area contributed by atoms with Gasteiger partial charge in [-0.05, 0) is 24.8 Å². The summed E-state index contributed by atoms with van der Waals surface area (Å²) in [6, 6.07) is 9.98. The minimum absolute atomic E-state index is 0.00659. The van der Waals surface area contributed by atoms with E-state index in [9.17, 15) is 9.59 Å². The van der Waals surface area contributed by atoms with Crippen LogP contribution in [0.5, 0.6) is 0 Å². The number of amides is 2. The Bertz CT molecular complexity index is 414. The summed E-state index contributed by atoms with van der Waals surface area (Å²) in [5.41, 5.74) is 1.19. The molecule has 1 aromatic rings. The van der Waals surface area contributed by atoms with Crippen LogP contribution in [0.3, 0.4) is 0 Å². The minimum atomic E-state index is -0.139. The normalized spacial score (nSPS) is 10.3. The minimum Gasteiger partial charge on any atom is -0.354 e. The average molecular weight is 276 g/mol. The maximum atomic E-state index is 11.7. The lowest BCUT2D eigenvalue weighted by Gasteiger charge is -2.12. The fourth-order valence-corrected chi connectivity index (χ4v) is 2.02. The van der Waals surface area contributed by atoms with Crippen molar-refractivity contribution in [3.8, 4) is 0 Å². The Labute approximate surface area is 121 Å². The van der Waals surface area contributed by atoms with E-state index in [4.69, 9.17) is 0 Å². The van der Waals surface area contributed by atoms with E-state index in [1.807, 2.05) is 44.2 Å². The molecule has 0 aliphatic carbocycles. The Morgan fingerprint density at radius 3 is 2.30 bits per heavy atom. The molecule has 2 amide bonds. The Morgan fingerprint density at radius 1 is 1.05 bits per heavy atom. The lowest BCUT2D eigenvalue weighted by molar-refractivity contribution is -0.128. The molecule has 0 fully saturated rings. The molecule has 4 heteroatoms. The molecule has 0 aromatic heterocycles. The standard InChI is InChI=1S/C16H24N2O2/c1-3-14(4-2)16(20)18-12-15(19)17-11-10-13-8-6-5-7-9-13/h5-9,14H,3-4,10-12H2,1-2H3,(H,17,19)(H,18,20). The molecule has 1 rings (SSSR count). The third-order valence-corrected chi connectivity index (χ3v) is 3.36. The van der Waals surface area contributed by atoms with Crippen molar-refractivity contribution in [2.24, 2.45) is 5.92 Å². The molecule has 0 bridgehead atoms. The number of hydrogen-bond acceptors (Lipinski definition) is 2. The van der Waals surface area contributed by atoms with Gasteiger partial charge < -0.3 is 10.6 Å². The molecule has 0 radical (unpaired) electrons. The molecular weight excluding hydrogens is 252 g/mol. The van der Waals surface area contributed by atoms with Gasteiger partial charge in [-0.1, -0.05) is 44.2 Å². The van der Waals surface area contributed by atoms with E-state index in [1.54, 1.807) is 0 Å². The van der Waals surface area contributed by atoms with Gasteiger partial charge in [-0.2, -0.15) is 0 Å². The van der Waals surface area contributed by atoms with Gasteiger partial charge in [0.05, 0.1) is 6.54 Å². The second-order valence-electron chi connectivity index (χ2n) is 4.82. The number of nitrogens with one attached hydrogen (secondary N) is 2. The summed E-state index contributed by atoms with van der Waals surface area (Å²) in [5.74, 6) is -0.166. The fourth-order valence-electron chi connectivity index (χ4n) is 2.02. The average Bonchev–Trinajstić information content (AvgIpc) is 2.47.